The van der Waals surface area contributed by atoms with Crippen molar-refractivity contribution in [2.24, 2.45) is 5.92 Å². The van der Waals surface area contributed by atoms with Crippen LogP contribution >= 0.6 is 22.7 Å². The number of aryl methyl sites for hydroxylation is 2. The molecule has 0 unspecified atom stereocenters. The summed E-state index contributed by atoms with van der Waals surface area (Å²) in [6.07, 6.45) is 4.50. The summed E-state index contributed by atoms with van der Waals surface area (Å²) in [5.41, 5.74) is 1.15. The van der Waals surface area contributed by atoms with Crippen LogP contribution in [0.1, 0.15) is 33.1 Å². The van der Waals surface area contributed by atoms with Gasteiger partial charge in [-0.1, -0.05) is 6.07 Å². The zero-order chi connectivity index (χ0) is 15.8. The van der Waals surface area contributed by atoms with Crippen molar-refractivity contribution in [2.45, 2.75) is 25.7 Å². The lowest BCUT2D eigenvalue weighted by molar-refractivity contribution is -0.123. The number of nitrogens with zero attached hydrogens (tertiary/aromatic N) is 2. The average Bonchev–Trinajstić information content (AvgIpc) is 3.14. The highest BCUT2D eigenvalue weighted by atomic mass is 32.1. The van der Waals surface area contributed by atoms with Crippen LogP contribution in [0, 0.1) is 5.92 Å². The number of aromatic nitrogens is 1. The maximum Gasteiger partial charge on any atom is 0.263 e. The van der Waals surface area contributed by atoms with Crippen molar-refractivity contribution < 1.29 is 9.59 Å². The molecule has 0 bridgehead atoms. The molecule has 0 spiro atoms. The van der Waals surface area contributed by atoms with Crippen LogP contribution in [0.2, 0.25) is 0 Å². The first-order chi connectivity index (χ1) is 11.2. The van der Waals surface area contributed by atoms with Gasteiger partial charge in [-0.25, -0.2) is 4.98 Å². The maximum atomic E-state index is 12.3. The van der Waals surface area contributed by atoms with Crippen LogP contribution in [-0.2, 0) is 17.6 Å². The van der Waals surface area contributed by atoms with E-state index in [4.69, 9.17) is 0 Å². The van der Waals surface area contributed by atoms with E-state index in [1.807, 2.05) is 17.5 Å². The largest absolute Gasteiger partial charge is 0.336 e. The number of thiazole rings is 1. The van der Waals surface area contributed by atoms with Crippen LogP contribution in [0.3, 0.4) is 0 Å². The molecule has 2 amide bonds. The molecule has 0 aromatic carbocycles. The van der Waals surface area contributed by atoms with Gasteiger partial charge in [-0.15, -0.1) is 22.7 Å². The van der Waals surface area contributed by atoms with E-state index in [-0.39, 0.29) is 17.7 Å². The van der Waals surface area contributed by atoms with Gasteiger partial charge in [-0.3, -0.25) is 9.59 Å². The molecule has 5 nitrogen and oxygen atoms in total. The van der Waals surface area contributed by atoms with Gasteiger partial charge >= 0.3 is 0 Å². The Morgan fingerprint density at radius 3 is 2.83 bits per heavy atom. The Kier molecular flexibility index (Phi) is 3.90. The Morgan fingerprint density at radius 1 is 1.26 bits per heavy atom. The third-order valence-corrected chi connectivity index (χ3v) is 6.28. The Bertz CT molecular complexity index is 709. The highest BCUT2D eigenvalue weighted by molar-refractivity contribution is 7.15. The number of fused-ring (bicyclic) bond motifs is 1. The van der Waals surface area contributed by atoms with Crippen molar-refractivity contribution in [3.05, 3.63) is 33.0 Å². The Balaban J connectivity index is 1.33. The van der Waals surface area contributed by atoms with Gasteiger partial charge in [0, 0.05) is 18.0 Å². The molecule has 7 heteroatoms. The monoisotopic (exact) mass is 347 g/mol. The lowest BCUT2D eigenvalue weighted by Gasteiger charge is -2.37. The minimum atomic E-state index is -0.125. The molecule has 23 heavy (non-hydrogen) atoms. The number of likely N-dealkylation sites (tertiary alicyclic amines) is 1. The minimum Gasteiger partial charge on any atom is -0.336 e. The maximum absolute atomic E-state index is 12.3. The molecule has 2 aromatic rings. The van der Waals surface area contributed by atoms with Gasteiger partial charge in [0.15, 0.2) is 5.13 Å². The molecule has 1 fully saturated rings. The van der Waals surface area contributed by atoms with Crippen molar-refractivity contribution in [1.29, 1.82) is 0 Å². The van der Waals surface area contributed by atoms with E-state index in [9.17, 15) is 9.59 Å². The van der Waals surface area contributed by atoms with Gasteiger partial charge < -0.3 is 10.2 Å². The fourth-order valence-electron chi connectivity index (χ4n) is 2.98. The zero-order valence-electron chi connectivity index (χ0n) is 12.6. The van der Waals surface area contributed by atoms with Crippen LogP contribution in [-0.4, -0.2) is 34.8 Å². The smallest absolute Gasteiger partial charge is 0.263 e. The summed E-state index contributed by atoms with van der Waals surface area (Å²) in [6.45, 7) is 0.987. The molecule has 1 saturated heterocycles. The molecular formula is C16H17N3O2S2. The van der Waals surface area contributed by atoms with Crippen molar-refractivity contribution in [3.8, 4) is 0 Å². The van der Waals surface area contributed by atoms with Crippen molar-refractivity contribution >= 4 is 39.6 Å². The van der Waals surface area contributed by atoms with Crippen LogP contribution in [0.5, 0.6) is 0 Å². The van der Waals surface area contributed by atoms with Gasteiger partial charge in [0.2, 0.25) is 5.91 Å². The quantitative estimate of drug-likeness (QED) is 0.929. The van der Waals surface area contributed by atoms with Gasteiger partial charge in [0.25, 0.3) is 5.91 Å². The summed E-state index contributed by atoms with van der Waals surface area (Å²) in [4.78, 5) is 32.7. The van der Waals surface area contributed by atoms with E-state index in [0.717, 1.165) is 23.4 Å². The molecule has 0 saturated carbocycles. The summed E-state index contributed by atoms with van der Waals surface area (Å²) in [5.74, 6) is -0.125. The lowest BCUT2D eigenvalue weighted by Crippen LogP contribution is -2.54. The molecule has 0 atom stereocenters. The normalized spacial score (nSPS) is 17.5. The number of anilines is 1. The number of nitrogens with one attached hydrogen (secondary N) is 1. The number of carbonyl (C=O) groups is 2. The number of carbonyl (C=O) groups excluding carboxylic acids is 2. The Morgan fingerprint density at radius 2 is 2.09 bits per heavy atom. The fourth-order valence-corrected chi connectivity index (χ4v) is 4.72. The Hall–Kier alpha value is -1.73. The van der Waals surface area contributed by atoms with Gasteiger partial charge in [-0.2, -0.15) is 0 Å². The molecule has 3 heterocycles. The second kappa shape index (κ2) is 6.05. The van der Waals surface area contributed by atoms with E-state index in [1.54, 1.807) is 16.2 Å². The number of hydrogen-bond acceptors (Lipinski definition) is 5. The summed E-state index contributed by atoms with van der Waals surface area (Å²) >= 11 is 3.03. The number of rotatable bonds is 3. The van der Waals surface area contributed by atoms with Crippen molar-refractivity contribution in [2.75, 3.05) is 18.4 Å². The first-order valence-corrected chi connectivity index (χ1v) is 9.52. The van der Waals surface area contributed by atoms with Crippen LogP contribution < -0.4 is 5.32 Å². The van der Waals surface area contributed by atoms with Crippen molar-refractivity contribution in [1.82, 2.24) is 9.88 Å². The molecule has 2 aromatic heterocycles. The van der Waals surface area contributed by atoms with Crippen LogP contribution in [0.25, 0.3) is 0 Å². The van der Waals surface area contributed by atoms with E-state index < -0.39 is 0 Å². The molecule has 4 rings (SSSR count). The van der Waals surface area contributed by atoms with Crippen LogP contribution in [0.15, 0.2) is 17.5 Å². The Labute approximate surface area is 142 Å². The summed E-state index contributed by atoms with van der Waals surface area (Å²) in [5, 5.41) is 5.53. The number of amides is 2. The predicted molar refractivity (Wildman–Crippen MR) is 91.1 cm³/mol. The topological polar surface area (TPSA) is 62.3 Å². The van der Waals surface area contributed by atoms with E-state index in [0.29, 0.717) is 18.2 Å². The SMILES string of the molecule is O=C(Nc1nc2c(s1)CCCC2)C1CN(C(=O)c2cccs2)C1. The molecule has 1 N–H and O–H groups in total. The highest BCUT2D eigenvalue weighted by Crippen LogP contribution is 2.30. The average molecular weight is 347 g/mol. The summed E-state index contributed by atoms with van der Waals surface area (Å²) < 4.78 is 0. The first-order valence-electron chi connectivity index (χ1n) is 7.83. The second-order valence-electron chi connectivity index (χ2n) is 5.97. The highest BCUT2D eigenvalue weighted by Gasteiger charge is 2.36. The molecule has 1 aliphatic carbocycles. The standard InChI is InChI=1S/C16H17N3O2S2/c20-14(18-16-17-11-4-1-2-5-12(11)23-16)10-8-19(9-10)15(21)13-6-3-7-22-13/h3,6-7,10H,1-2,4-5,8-9H2,(H,17,18,20). The second-order valence-corrected chi connectivity index (χ2v) is 8.00. The van der Waals surface area contributed by atoms with Gasteiger partial charge in [-0.05, 0) is 37.1 Å². The molecule has 2 aliphatic rings. The molecule has 1 aliphatic heterocycles. The van der Waals surface area contributed by atoms with Gasteiger partial charge in [0.1, 0.15) is 0 Å². The van der Waals surface area contributed by atoms with E-state index >= 15 is 0 Å². The van der Waals surface area contributed by atoms with Gasteiger partial charge in [0.05, 0.1) is 16.5 Å². The minimum absolute atomic E-state index is 0.0219. The van der Waals surface area contributed by atoms with Crippen LogP contribution in [0.4, 0.5) is 5.13 Å². The molecule has 0 radical (unpaired) electrons. The fraction of sp³-hybridized carbons (Fsp3) is 0.438. The third kappa shape index (κ3) is 2.90. The summed E-state index contributed by atoms with van der Waals surface area (Å²) in [6, 6.07) is 3.69. The first kappa shape index (κ1) is 14.8. The van der Waals surface area contributed by atoms with E-state index in [2.05, 4.69) is 10.3 Å². The van der Waals surface area contributed by atoms with E-state index in [1.165, 1.54) is 29.1 Å². The van der Waals surface area contributed by atoms with Crippen molar-refractivity contribution in [3.63, 3.8) is 0 Å². The number of thiophene rings is 1. The predicted octanol–water partition coefficient (Wildman–Crippen LogP) is 2.79. The molecule has 120 valence electrons. The molecular weight excluding hydrogens is 330 g/mol. The number of hydrogen-bond donors (Lipinski definition) is 1. The summed E-state index contributed by atoms with van der Waals surface area (Å²) in [7, 11) is 0. The third-order valence-electron chi connectivity index (χ3n) is 4.35. The lowest BCUT2D eigenvalue weighted by atomic mass is 9.99. The zero-order valence-corrected chi connectivity index (χ0v) is 14.2.